The topological polar surface area (TPSA) is 55.1 Å². The van der Waals surface area contributed by atoms with E-state index in [9.17, 15) is 9.18 Å². The molecule has 0 fully saturated rings. The highest BCUT2D eigenvalue weighted by atomic mass is 19.1. The van der Waals surface area contributed by atoms with E-state index in [1.165, 1.54) is 12.1 Å². The van der Waals surface area contributed by atoms with E-state index in [0.29, 0.717) is 24.2 Å². The molecular weight excluding hydrogens is 255 g/mol. The summed E-state index contributed by atoms with van der Waals surface area (Å²) in [6.45, 7) is 2.32. The number of hydrogen-bond donors (Lipinski definition) is 2. The van der Waals surface area contributed by atoms with E-state index >= 15 is 0 Å². The Balaban J connectivity index is 1.90. The Morgan fingerprint density at radius 1 is 1.25 bits per heavy atom. The molecule has 0 aromatic heterocycles. The molecule has 0 saturated heterocycles. The van der Waals surface area contributed by atoms with Gasteiger partial charge in [-0.1, -0.05) is 12.1 Å². The van der Waals surface area contributed by atoms with Crippen molar-refractivity contribution >= 4 is 11.6 Å². The van der Waals surface area contributed by atoms with Crippen molar-refractivity contribution < 1.29 is 9.18 Å². The third-order valence-corrected chi connectivity index (χ3v) is 3.12. The Morgan fingerprint density at radius 2 is 2.05 bits per heavy atom. The van der Waals surface area contributed by atoms with Gasteiger partial charge in [0.25, 0.3) is 5.91 Å². The number of nitrogens with one attached hydrogen (secondary N) is 1. The van der Waals surface area contributed by atoms with Gasteiger partial charge in [0.05, 0.1) is 0 Å². The number of anilines is 1. The maximum Gasteiger partial charge on any atom is 0.251 e. The zero-order chi connectivity index (χ0) is 14.5. The van der Waals surface area contributed by atoms with Gasteiger partial charge >= 0.3 is 0 Å². The van der Waals surface area contributed by atoms with Crippen LogP contribution >= 0.6 is 0 Å². The lowest BCUT2D eigenvalue weighted by Crippen LogP contribution is -2.25. The van der Waals surface area contributed by atoms with Gasteiger partial charge in [0.2, 0.25) is 0 Å². The smallest absolute Gasteiger partial charge is 0.251 e. The lowest BCUT2D eigenvalue weighted by atomic mass is 10.1. The molecule has 2 rings (SSSR count). The van der Waals surface area contributed by atoms with Crippen LogP contribution in [0.1, 0.15) is 21.5 Å². The maximum atomic E-state index is 13.0. The molecule has 3 N–H and O–H groups in total. The summed E-state index contributed by atoms with van der Waals surface area (Å²) < 4.78 is 13.0. The summed E-state index contributed by atoms with van der Waals surface area (Å²) in [5.41, 5.74) is 8.70. The number of nitrogen functional groups attached to an aromatic ring is 1. The lowest BCUT2D eigenvalue weighted by molar-refractivity contribution is 0.0954. The van der Waals surface area contributed by atoms with Crippen LogP contribution in [0.2, 0.25) is 0 Å². The molecule has 0 bridgehead atoms. The van der Waals surface area contributed by atoms with Crippen molar-refractivity contribution in [2.75, 3.05) is 12.3 Å². The summed E-state index contributed by atoms with van der Waals surface area (Å²) in [6, 6.07) is 11.5. The minimum atomic E-state index is -0.261. The molecule has 20 heavy (non-hydrogen) atoms. The van der Waals surface area contributed by atoms with Crippen molar-refractivity contribution in [1.82, 2.24) is 5.32 Å². The second-order valence-electron chi connectivity index (χ2n) is 4.71. The SMILES string of the molecule is Cc1cc(C(=O)NCCc2cccc(F)c2)ccc1N. The Hall–Kier alpha value is -2.36. The van der Waals surface area contributed by atoms with Gasteiger partial charge in [0, 0.05) is 17.8 Å². The van der Waals surface area contributed by atoms with Crippen LogP contribution in [0.25, 0.3) is 0 Å². The molecule has 1 amide bonds. The first-order valence-corrected chi connectivity index (χ1v) is 6.45. The number of benzene rings is 2. The van der Waals surface area contributed by atoms with Crippen LogP contribution in [0.3, 0.4) is 0 Å². The van der Waals surface area contributed by atoms with Gasteiger partial charge in [-0.3, -0.25) is 4.79 Å². The first-order valence-electron chi connectivity index (χ1n) is 6.45. The average Bonchev–Trinajstić information content (AvgIpc) is 2.42. The standard InChI is InChI=1S/C16H17FN2O/c1-11-9-13(5-6-15(11)18)16(20)19-8-7-12-3-2-4-14(17)10-12/h2-6,9-10H,7-8,18H2,1H3,(H,19,20). The molecule has 104 valence electrons. The number of aryl methyl sites for hydroxylation is 1. The molecule has 2 aromatic rings. The molecule has 0 saturated carbocycles. The zero-order valence-corrected chi connectivity index (χ0v) is 11.3. The van der Waals surface area contributed by atoms with E-state index < -0.39 is 0 Å². The Labute approximate surface area is 117 Å². The molecular formula is C16H17FN2O. The van der Waals surface area contributed by atoms with Crippen molar-refractivity contribution in [2.45, 2.75) is 13.3 Å². The molecule has 0 heterocycles. The van der Waals surface area contributed by atoms with E-state index in [1.54, 1.807) is 24.3 Å². The second-order valence-corrected chi connectivity index (χ2v) is 4.71. The highest BCUT2D eigenvalue weighted by molar-refractivity contribution is 5.94. The average molecular weight is 272 g/mol. The molecule has 0 aliphatic carbocycles. The van der Waals surface area contributed by atoms with E-state index in [4.69, 9.17) is 5.73 Å². The molecule has 0 spiro atoms. The summed E-state index contributed by atoms with van der Waals surface area (Å²) in [5, 5.41) is 2.81. The van der Waals surface area contributed by atoms with Crippen molar-refractivity contribution in [3.8, 4) is 0 Å². The monoisotopic (exact) mass is 272 g/mol. The van der Waals surface area contributed by atoms with Gasteiger partial charge in [-0.05, 0) is 54.8 Å². The predicted molar refractivity (Wildman–Crippen MR) is 78.0 cm³/mol. The fourth-order valence-electron chi connectivity index (χ4n) is 1.93. The number of carbonyl (C=O) groups is 1. The van der Waals surface area contributed by atoms with Crippen LogP contribution < -0.4 is 11.1 Å². The molecule has 0 aliphatic rings. The lowest BCUT2D eigenvalue weighted by Gasteiger charge is -2.07. The Kier molecular flexibility index (Phi) is 4.35. The largest absolute Gasteiger partial charge is 0.399 e. The number of hydrogen-bond acceptors (Lipinski definition) is 2. The summed E-state index contributed by atoms with van der Waals surface area (Å²) >= 11 is 0. The van der Waals surface area contributed by atoms with E-state index in [0.717, 1.165) is 11.1 Å². The van der Waals surface area contributed by atoms with E-state index in [2.05, 4.69) is 5.32 Å². The highest BCUT2D eigenvalue weighted by Gasteiger charge is 2.06. The van der Waals surface area contributed by atoms with Crippen LogP contribution in [0, 0.1) is 12.7 Å². The summed E-state index contributed by atoms with van der Waals surface area (Å²) in [4.78, 5) is 11.9. The van der Waals surface area contributed by atoms with Crippen molar-refractivity contribution in [2.24, 2.45) is 0 Å². The molecule has 2 aromatic carbocycles. The van der Waals surface area contributed by atoms with Gasteiger partial charge in [-0.2, -0.15) is 0 Å². The van der Waals surface area contributed by atoms with Gasteiger partial charge in [-0.25, -0.2) is 4.39 Å². The molecule has 4 heteroatoms. The summed E-state index contributed by atoms with van der Waals surface area (Å²) in [5.74, 6) is -0.410. The minimum absolute atomic E-state index is 0.149. The Morgan fingerprint density at radius 3 is 2.75 bits per heavy atom. The highest BCUT2D eigenvalue weighted by Crippen LogP contribution is 2.12. The van der Waals surface area contributed by atoms with Crippen molar-refractivity contribution in [1.29, 1.82) is 0 Å². The fraction of sp³-hybridized carbons (Fsp3) is 0.188. The molecule has 3 nitrogen and oxygen atoms in total. The second kappa shape index (κ2) is 6.19. The fourth-order valence-corrected chi connectivity index (χ4v) is 1.93. The first-order chi connectivity index (χ1) is 9.56. The molecule has 0 atom stereocenters. The zero-order valence-electron chi connectivity index (χ0n) is 11.3. The van der Waals surface area contributed by atoms with E-state index in [-0.39, 0.29) is 11.7 Å². The molecule has 0 aliphatic heterocycles. The van der Waals surface area contributed by atoms with Crippen molar-refractivity contribution in [3.63, 3.8) is 0 Å². The van der Waals surface area contributed by atoms with Crippen LogP contribution in [0.15, 0.2) is 42.5 Å². The van der Waals surface area contributed by atoms with Gasteiger partial charge < -0.3 is 11.1 Å². The third kappa shape index (κ3) is 3.57. The number of rotatable bonds is 4. The number of halogens is 1. The maximum absolute atomic E-state index is 13.0. The Bertz CT molecular complexity index is 626. The van der Waals surface area contributed by atoms with Gasteiger partial charge in [0.1, 0.15) is 5.82 Å². The van der Waals surface area contributed by atoms with Crippen molar-refractivity contribution in [3.05, 3.63) is 65.0 Å². The number of carbonyl (C=O) groups excluding carboxylic acids is 1. The molecule has 0 radical (unpaired) electrons. The minimum Gasteiger partial charge on any atom is -0.399 e. The predicted octanol–water partition coefficient (Wildman–Crippen LogP) is 2.69. The number of nitrogens with two attached hydrogens (primary N) is 1. The summed E-state index contributed by atoms with van der Waals surface area (Å²) in [6.07, 6.45) is 0.595. The third-order valence-electron chi connectivity index (χ3n) is 3.12. The van der Waals surface area contributed by atoms with Gasteiger partial charge in [-0.15, -0.1) is 0 Å². The van der Waals surface area contributed by atoms with Crippen LogP contribution in [-0.2, 0) is 6.42 Å². The summed E-state index contributed by atoms with van der Waals surface area (Å²) in [7, 11) is 0. The quantitative estimate of drug-likeness (QED) is 0.841. The van der Waals surface area contributed by atoms with Gasteiger partial charge in [0.15, 0.2) is 0 Å². The van der Waals surface area contributed by atoms with E-state index in [1.807, 2.05) is 13.0 Å². The molecule has 0 unspecified atom stereocenters. The number of amides is 1. The van der Waals surface area contributed by atoms with Crippen LogP contribution in [-0.4, -0.2) is 12.5 Å². The van der Waals surface area contributed by atoms with Crippen LogP contribution in [0.5, 0.6) is 0 Å². The normalized spacial score (nSPS) is 10.3. The first kappa shape index (κ1) is 14.1. The van der Waals surface area contributed by atoms with Crippen LogP contribution in [0.4, 0.5) is 10.1 Å².